The lowest BCUT2D eigenvalue weighted by atomic mass is 9.78. The SMILES string of the molecule is CCCCCCCCCCCCCCCC(=O)OCC(COC(=O)CCCCCCCCCCCCCCC)OC(=O)C(C)CCC(C)C(=O)Oc1cc(C)cc(C)c1C(C)(C)CC(=O)O. The molecular weight excluding hydrogens is 833 g/mol. The third-order valence-electron chi connectivity index (χ3n) is 12.9. The van der Waals surface area contributed by atoms with Crippen molar-refractivity contribution < 1.29 is 48.0 Å². The number of carboxylic acid groups (broad SMARTS) is 1. The molecule has 66 heavy (non-hydrogen) atoms. The van der Waals surface area contributed by atoms with Crippen LogP contribution in [0.3, 0.4) is 0 Å². The number of aryl methyl sites for hydroxylation is 2. The Morgan fingerprint density at radius 1 is 0.545 bits per heavy atom. The highest BCUT2D eigenvalue weighted by Gasteiger charge is 2.31. The largest absolute Gasteiger partial charge is 0.481 e. The van der Waals surface area contributed by atoms with E-state index in [1.807, 2.05) is 33.8 Å². The van der Waals surface area contributed by atoms with Crippen LogP contribution in [-0.2, 0) is 43.6 Å². The molecule has 1 rings (SSSR count). The molecule has 0 saturated carbocycles. The fraction of sp³-hybridized carbons (Fsp3) is 0.804. The number of carbonyl (C=O) groups excluding carboxylic acids is 4. The van der Waals surface area contributed by atoms with Gasteiger partial charge in [-0.3, -0.25) is 24.0 Å². The lowest BCUT2D eigenvalue weighted by Crippen LogP contribution is -2.33. The second-order valence-electron chi connectivity index (χ2n) is 20.1. The summed E-state index contributed by atoms with van der Waals surface area (Å²) in [4.78, 5) is 63.9. The van der Waals surface area contributed by atoms with Crippen LogP contribution in [0.25, 0.3) is 0 Å². The minimum absolute atomic E-state index is 0.130. The van der Waals surface area contributed by atoms with Gasteiger partial charge in [0.1, 0.15) is 19.0 Å². The van der Waals surface area contributed by atoms with E-state index >= 15 is 0 Å². The average Bonchev–Trinajstić information content (AvgIpc) is 3.25. The molecule has 2 unspecified atom stereocenters. The van der Waals surface area contributed by atoms with Crippen molar-refractivity contribution >= 4 is 29.8 Å². The van der Waals surface area contributed by atoms with Gasteiger partial charge >= 0.3 is 29.8 Å². The predicted molar refractivity (Wildman–Crippen MR) is 267 cm³/mol. The van der Waals surface area contributed by atoms with Crippen LogP contribution in [0.4, 0.5) is 0 Å². The first-order chi connectivity index (χ1) is 31.6. The van der Waals surface area contributed by atoms with Crippen LogP contribution in [0.5, 0.6) is 5.75 Å². The van der Waals surface area contributed by atoms with Crippen LogP contribution in [0.1, 0.15) is 257 Å². The lowest BCUT2D eigenvalue weighted by molar-refractivity contribution is -0.169. The average molecular weight is 929 g/mol. The molecule has 0 aliphatic rings. The first-order valence-electron chi connectivity index (χ1n) is 26.7. The summed E-state index contributed by atoms with van der Waals surface area (Å²) in [6.45, 7) is 15.0. The molecule has 0 fully saturated rings. The van der Waals surface area contributed by atoms with Gasteiger partial charge in [0, 0.05) is 23.8 Å². The third kappa shape index (κ3) is 30.1. The van der Waals surface area contributed by atoms with Gasteiger partial charge in [-0.2, -0.15) is 0 Å². The van der Waals surface area contributed by atoms with Crippen LogP contribution < -0.4 is 4.74 Å². The van der Waals surface area contributed by atoms with E-state index in [0.717, 1.165) is 49.7 Å². The highest BCUT2D eigenvalue weighted by atomic mass is 16.6. The molecule has 1 N–H and O–H groups in total. The maximum absolute atomic E-state index is 13.4. The summed E-state index contributed by atoms with van der Waals surface area (Å²) >= 11 is 0. The predicted octanol–water partition coefficient (Wildman–Crippen LogP) is 15.0. The number of carbonyl (C=O) groups is 5. The van der Waals surface area contributed by atoms with Gasteiger partial charge in [-0.1, -0.05) is 202 Å². The molecular formula is C56H96O10. The molecule has 380 valence electrons. The molecule has 0 aliphatic heterocycles. The van der Waals surface area contributed by atoms with Gasteiger partial charge in [0.2, 0.25) is 0 Å². The minimum Gasteiger partial charge on any atom is -0.481 e. The van der Waals surface area contributed by atoms with Gasteiger partial charge in [0.05, 0.1) is 18.3 Å². The van der Waals surface area contributed by atoms with Gasteiger partial charge in [0.15, 0.2) is 6.10 Å². The number of ether oxygens (including phenoxy) is 4. The van der Waals surface area contributed by atoms with E-state index in [4.69, 9.17) is 18.9 Å². The Morgan fingerprint density at radius 3 is 1.29 bits per heavy atom. The topological polar surface area (TPSA) is 142 Å². The van der Waals surface area contributed by atoms with Crippen LogP contribution in [0.15, 0.2) is 12.1 Å². The van der Waals surface area contributed by atoms with E-state index in [9.17, 15) is 29.1 Å². The van der Waals surface area contributed by atoms with Crippen LogP contribution in [-0.4, -0.2) is 54.3 Å². The first-order valence-corrected chi connectivity index (χ1v) is 26.7. The number of hydrogen-bond acceptors (Lipinski definition) is 9. The van der Waals surface area contributed by atoms with Crippen molar-refractivity contribution in [3.8, 4) is 5.75 Å². The molecule has 0 aliphatic carbocycles. The van der Waals surface area contributed by atoms with Crippen LogP contribution >= 0.6 is 0 Å². The number of esters is 4. The van der Waals surface area contributed by atoms with E-state index in [-0.39, 0.29) is 44.4 Å². The summed E-state index contributed by atoms with van der Waals surface area (Å²) in [6, 6.07) is 3.71. The van der Waals surface area contributed by atoms with Crippen molar-refractivity contribution in [3.05, 3.63) is 28.8 Å². The summed E-state index contributed by atoms with van der Waals surface area (Å²) in [5.41, 5.74) is 1.63. The lowest BCUT2D eigenvalue weighted by Gasteiger charge is -2.28. The van der Waals surface area contributed by atoms with Crippen molar-refractivity contribution in [2.75, 3.05) is 13.2 Å². The fourth-order valence-electron chi connectivity index (χ4n) is 8.77. The minimum atomic E-state index is -0.953. The number of hydrogen-bond donors (Lipinski definition) is 1. The highest BCUT2D eigenvalue weighted by molar-refractivity contribution is 5.77. The zero-order valence-electron chi connectivity index (χ0n) is 43.3. The molecule has 10 nitrogen and oxygen atoms in total. The normalized spacial score (nSPS) is 12.5. The second kappa shape index (κ2) is 37.5. The maximum atomic E-state index is 13.4. The van der Waals surface area contributed by atoms with Gasteiger partial charge < -0.3 is 24.1 Å². The zero-order chi connectivity index (χ0) is 49.0. The monoisotopic (exact) mass is 929 g/mol. The standard InChI is InChI=1S/C56H96O10/c1-9-11-13-15-17-19-21-23-25-27-29-31-33-35-51(59)63-42-48(43-64-52(60)36-34-32-30-28-26-24-22-20-18-16-14-12-10-2)65-54(61)45(4)37-38-46(5)55(62)66-49-40-44(3)39-47(6)53(49)56(7,8)41-50(57)58/h39-40,45-46,48H,9-38,41-43H2,1-8H3,(H,57,58). The molecule has 0 spiro atoms. The molecule has 1 aromatic rings. The van der Waals surface area contributed by atoms with E-state index in [2.05, 4.69) is 13.8 Å². The molecule has 0 aromatic heterocycles. The molecule has 0 bridgehead atoms. The molecule has 0 heterocycles. The Labute approximate surface area is 402 Å². The van der Waals surface area contributed by atoms with E-state index < -0.39 is 41.3 Å². The second-order valence-corrected chi connectivity index (χ2v) is 20.1. The molecule has 10 heteroatoms. The van der Waals surface area contributed by atoms with Crippen molar-refractivity contribution in [3.63, 3.8) is 0 Å². The number of aliphatic carboxylic acids is 1. The summed E-state index contributed by atoms with van der Waals surface area (Å²) in [6.07, 6.45) is 31.7. The summed E-state index contributed by atoms with van der Waals surface area (Å²) in [7, 11) is 0. The highest BCUT2D eigenvalue weighted by Crippen LogP contribution is 2.38. The third-order valence-corrected chi connectivity index (χ3v) is 12.9. The summed E-state index contributed by atoms with van der Waals surface area (Å²) in [5.74, 6) is -3.50. The van der Waals surface area contributed by atoms with E-state index in [1.54, 1.807) is 19.9 Å². The molecule has 0 radical (unpaired) electrons. The van der Waals surface area contributed by atoms with E-state index in [1.165, 1.54) is 128 Å². The van der Waals surface area contributed by atoms with Crippen molar-refractivity contribution in [1.82, 2.24) is 0 Å². The van der Waals surface area contributed by atoms with Crippen molar-refractivity contribution in [2.24, 2.45) is 11.8 Å². The Morgan fingerprint density at radius 2 is 0.909 bits per heavy atom. The summed E-state index contributed by atoms with van der Waals surface area (Å²) < 4.78 is 22.8. The van der Waals surface area contributed by atoms with Crippen LogP contribution in [0, 0.1) is 25.7 Å². The smallest absolute Gasteiger partial charge is 0.314 e. The van der Waals surface area contributed by atoms with Gasteiger partial charge in [0.25, 0.3) is 0 Å². The van der Waals surface area contributed by atoms with E-state index in [0.29, 0.717) is 24.2 Å². The molecule has 2 atom stereocenters. The summed E-state index contributed by atoms with van der Waals surface area (Å²) in [5, 5.41) is 9.55. The number of rotatable bonds is 42. The van der Waals surface area contributed by atoms with Gasteiger partial charge in [-0.05, 0) is 56.7 Å². The quantitative estimate of drug-likeness (QED) is 0.0291. The first kappa shape index (κ1) is 60.6. The fourth-order valence-corrected chi connectivity index (χ4v) is 8.77. The number of benzene rings is 1. The Kier molecular flexibility index (Phi) is 34.5. The molecule has 1 aromatic carbocycles. The Balaban J connectivity index is 2.66. The maximum Gasteiger partial charge on any atom is 0.314 e. The zero-order valence-corrected chi connectivity index (χ0v) is 43.3. The molecule has 0 amide bonds. The van der Waals surface area contributed by atoms with Crippen molar-refractivity contribution in [1.29, 1.82) is 0 Å². The van der Waals surface area contributed by atoms with Gasteiger partial charge in [-0.15, -0.1) is 0 Å². The number of carboxylic acids is 1. The Bertz CT molecular complexity index is 1440. The van der Waals surface area contributed by atoms with Crippen LogP contribution in [0.2, 0.25) is 0 Å². The molecule has 0 saturated heterocycles. The number of unbranched alkanes of at least 4 members (excludes halogenated alkanes) is 24. The Hall–Kier alpha value is -3.43. The van der Waals surface area contributed by atoms with Crippen molar-refractivity contribution in [2.45, 2.75) is 266 Å². The van der Waals surface area contributed by atoms with Gasteiger partial charge in [-0.25, -0.2) is 0 Å².